The van der Waals surface area contributed by atoms with Gasteiger partial charge in [-0.1, -0.05) is 66.7 Å². The largest absolute Gasteiger partial charge is 0.390 e. The summed E-state index contributed by atoms with van der Waals surface area (Å²) < 4.78 is 2.05. The molecule has 0 atom stereocenters. The molecule has 0 spiro atoms. The summed E-state index contributed by atoms with van der Waals surface area (Å²) in [5.41, 5.74) is 8.06. The van der Waals surface area contributed by atoms with Crippen LogP contribution in [-0.4, -0.2) is 20.4 Å². The van der Waals surface area contributed by atoms with Gasteiger partial charge in [0.15, 0.2) is 0 Å². The van der Waals surface area contributed by atoms with Gasteiger partial charge in [-0.25, -0.2) is 4.98 Å². The molecule has 0 amide bonds. The highest BCUT2D eigenvalue weighted by Crippen LogP contribution is 2.30. The van der Waals surface area contributed by atoms with Crippen LogP contribution in [0.5, 0.6) is 0 Å². The predicted octanol–water partition coefficient (Wildman–Crippen LogP) is 4.38. The van der Waals surface area contributed by atoms with Crippen LogP contribution in [0.1, 0.15) is 22.5 Å². The number of rotatable bonds is 3. The lowest BCUT2D eigenvalue weighted by molar-refractivity contribution is 0.276. The van der Waals surface area contributed by atoms with Gasteiger partial charge in [-0.2, -0.15) is 0 Å². The number of aromatic nitrogens is 2. The van der Waals surface area contributed by atoms with Crippen LogP contribution in [0.15, 0.2) is 90.2 Å². The Kier molecular flexibility index (Phi) is 4.11. The molecule has 4 heteroatoms. The van der Waals surface area contributed by atoms with Crippen LogP contribution in [0.25, 0.3) is 16.8 Å². The fourth-order valence-electron chi connectivity index (χ4n) is 3.75. The summed E-state index contributed by atoms with van der Waals surface area (Å²) in [6, 6.07) is 27.1. The number of hydrogen-bond acceptors (Lipinski definition) is 3. The third-order valence-corrected chi connectivity index (χ3v) is 5.16. The predicted molar refractivity (Wildman–Crippen MR) is 111 cm³/mol. The minimum Gasteiger partial charge on any atom is -0.390 e. The molecule has 4 aromatic rings. The highest BCUT2D eigenvalue weighted by molar-refractivity contribution is 6.15. The number of aliphatic imine (C=N–C) groups is 1. The van der Waals surface area contributed by atoms with Crippen molar-refractivity contribution in [3.63, 3.8) is 0 Å². The molecule has 0 fully saturated rings. The zero-order chi connectivity index (χ0) is 18.9. The van der Waals surface area contributed by atoms with Gasteiger partial charge < -0.3 is 9.67 Å². The average molecular weight is 365 g/mol. The minimum absolute atomic E-state index is 0.0873. The van der Waals surface area contributed by atoms with Crippen LogP contribution in [0.3, 0.4) is 0 Å². The van der Waals surface area contributed by atoms with Crippen LogP contribution < -0.4 is 0 Å². The van der Waals surface area contributed by atoms with Crippen molar-refractivity contribution in [1.29, 1.82) is 0 Å². The molecule has 4 nitrogen and oxygen atoms in total. The Morgan fingerprint density at radius 2 is 1.54 bits per heavy atom. The minimum atomic E-state index is -0.0873. The summed E-state index contributed by atoms with van der Waals surface area (Å²) in [5, 5.41) is 9.67. The molecule has 1 aromatic heterocycles. The molecule has 2 heterocycles. The smallest absolute Gasteiger partial charge is 0.0999 e. The molecule has 136 valence electrons. The maximum absolute atomic E-state index is 9.67. The van der Waals surface area contributed by atoms with Crippen LogP contribution in [-0.2, 0) is 13.2 Å². The number of aliphatic hydroxyl groups is 1. The first-order valence-electron chi connectivity index (χ1n) is 9.31. The average Bonchev–Trinajstić information content (AvgIpc) is 3.10. The molecule has 0 bridgehead atoms. The lowest BCUT2D eigenvalue weighted by Gasteiger charge is -2.14. The van der Waals surface area contributed by atoms with Gasteiger partial charge in [0.25, 0.3) is 0 Å². The fourth-order valence-corrected chi connectivity index (χ4v) is 3.75. The molecular formula is C24H19N3O. The van der Waals surface area contributed by atoms with E-state index in [1.165, 1.54) is 5.56 Å². The van der Waals surface area contributed by atoms with E-state index in [1.807, 2.05) is 24.3 Å². The molecule has 0 saturated heterocycles. The van der Waals surface area contributed by atoms with Crippen molar-refractivity contribution in [3.8, 4) is 16.8 Å². The van der Waals surface area contributed by atoms with E-state index in [9.17, 15) is 5.11 Å². The molecular weight excluding hydrogens is 346 g/mol. The highest BCUT2D eigenvalue weighted by Gasteiger charge is 2.21. The number of aliphatic hydroxyl groups excluding tert-OH is 1. The molecule has 0 aliphatic carbocycles. The first kappa shape index (κ1) is 16.7. The van der Waals surface area contributed by atoms with E-state index in [1.54, 1.807) is 6.33 Å². The van der Waals surface area contributed by atoms with E-state index in [4.69, 9.17) is 4.99 Å². The van der Waals surface area contributed by atoms with Gasteiger partial charge in [0.2, 0.25) is 0 Å². The zero-order valence-corrected chi connectivity index (χ0v) is 15.3. The van der Waals surface area contributed by atoms with Crippen molar-refractivity contribution in [2.45, 2.75) is 13.2 Å². The lowest BCUT2D eigenvalue weighted by Crippen LogP contribution is -2.07. The monoisotopic (exact) mass is 365 g/mol. The Morgan fingerprint density at radius 1 is 0.821 bits per heavy atom. The van der Waals surface area contributed by atoms with Gasteiger partial charge in [0, 0.05) is 11.1 Å². The van der Waals surface area contributed by atoms with Gasteiger partial charge in [-0.15, -0.1) is 0 Å². The molecule has 0 saturated carbocycles. The standard InChI is InChI=1S/C24H19N3O/c28-15-21-23-14-25-24(18-9-5-2-6-10-18)20-13-19(17-7-3-1-4-8-17)11-12-22(20)27(23)16-26-21/h1-13,16,28H,14-15H2. The van der Waals surface area contributed by atoms with Gasteiger partial charge in [0.05, 0.1) is 42.3 Å². The van der Waals surface area contributed by atoms with Gasteiger partial charge in [-0.3, -0.25) is 4.99 Å². The number of fused-ring (bicyclic) bond motifs is 3. The summed E-state index contributed by atoms with van der Waals surface area (Å²) in [7, 11) is 0. The third kappa shape index (κ3) is 2.75. The van der Waals surface area contributed by atoms with E-state index in [0.717, 1.165) is 33.8 Å². The molecule has 1 aliphatic rings. The molecule has 5 rings (SSSR count). The van der Waals surface area contributed by atoms with Gasteiger partial charge >= 0.3 is 0 Å². The number of imidazole rings is 1. The van der Waals surface area contributed by atoms with Gasteiger partial charge in [0.1, 0.15) is 0 Å². The first-order chi connectivity index (χ1) is 13.8. The van der Waals surface area contributed by atoms with E-state index >= 15 is 0 Å². The van der Waals surface area contributed by atoms with Gasteiger partial charge in [-0.05, 0) is 23.3 Å². The SMILES string of the molecule is OCc1ncn2c1CN=C(c1ccccc1)c1cc(-c3ccccc3)ccc1-2. The van der Waals surface area contributed by atoms with Crippen molar-refractivity contribution in [1.82, 2.24) is 9.55 Å². The fraction of sp³-hybridized carbons (Fsp3) is 0.0833. The summed E-state index contributed by atoms with van der Waals surface area (Å²) in [5.74, 6) is 0. The van der Waals surface area contributed by atoms with E-state index in [0.29, 0.717) is 12.2 Å². The third-order valence-electron chi connectivity index (χ3n) is 5.16. The maximum atomic E-state index is 9.67. The second-order valence-corrected chi connectivity index (χ2v) is 6.79. The molecule has 1 N–H and O–H groups in total. The maximum Gasteiger partial charge on any atom is 0.0999 e. The van der Waals surface area contributed by atoms with E-state index in [-0.39, 0.29) is 6.61 Å². The van der Waals surface area contributed by atoms with Crippen molar-refractivity contribution in [2.75, 3.05) is 0 Å². The van der Waals surface area contributed by atoms with Crippen molar-refractivity contribution < 1.29 is 5.11 Å². The Morgan fingerprint density at radius 3 is 2.25 bits per heavy atom. The lowest BCUT2D eigenvalue weighted by atomic mass is 9.96. The van der Waals surface area contributed by atoms with Crippen LogP contribution in [0.4, 0.5) is 0 Å². The zero-order valence-electron chi connectivity index (χ0n) is 15.3. The number of nitrogens with zero attached hydrogens (tertiary/aromatic N) is 3. The van der Waals surface area contributed by atoms with Crippen molar-refractivity contribution >= 4 is 5.71 Å². The highest BCUT2D eigenvalue weighted by atomic mass is 16.3. The second kappa shape index (κ2) is 6.91. The van der Waals surface area contributed by atoms with E-state index in [2.05, 4.69) is 64.1 Å². The summed E-state index contributed by atoms with van der Waals surface area (Å²) in [4.78, 5) is 9.32. The Bertz CT molecular complexity index is 1160. The number of benzene rings is 3. The molecule has 3 aromatic carbocycles. The van der Waals surface area contributed by atoms with Crippen molar-refractivity contribution in [3.05, 3.63) is 108 Å². The Balaban J connectivity index is 1.76. The topological polar surface area (TPSA) is 50.4 Å². The molecule has 1 aliphatic heterocycles. The summed E-state index contributed by atoms with van der Waals surface area (Å²) >= 11 is 0. The quantitative estimate of drug-likeness (QED) is 0.586. The molecule has 0 unspecified atom stereocenters. The van der Waals surface area contributed by atoms with Crippen molar-refractivity contribution in [2.24, 2.45) is 4.99 Å². The Labute approximate surface area is 163 Å². The van der Waals surface area contributed by atoms with Crippen LogP contribution in [0, 0.1) is 0 Å². The summed E-state index contributed by atoms with van der Waals surface area (Å²) in [6.45, 7) is 0.394. The second-order valence-electron chi connectivity index (χ2n) is 6.79. The first-order valence-corrected chi connectivity index (χ1v) is 9.31. The molecule has 0 radical (unpaired) electrons. The van der Waals surface area contributed by atoms with Crippen LogP contribution in [0.2, 0.25) is 0 Å². The van der Waals surface area contributed by atoms with E-state index < -0.39 is 0 Å². The number of hydrogen-bond donors (Lipinski definition) is 1. The summed E-state index contributed by atoms with van der Waals surface area (Å²) in [6.07, 6.45) is 1.78. The molecule has 28 heavy (non-hydrogen) atoms. The Hall–Kier alpha value is -3.50. The van der Waals surface area contributed by atoms with Crippen LogP contribution >= 0.6 is 0 Å². The normalized spacial score (nSPS) is 12.7.